The van der Waals surface area contributed by atoms with E-state index >= 15 is 0 Å². The van der Waals surface area contributed by atoms with E-state index in [-0.39, 0.29) is 5.91 Å². The Morgan fingerprint density at radius 1 is 1.00 bits per heavy atom. The van der Waals surface area contributed by atoms with E-state index in [1.54, 1.807) is 18.1 Å². The van der Waals surface area contributed by atoms with Gasteiger partial charge in [0.1, 0.15) is 5.71 Å². The van der Waals surface area contributed by atoms with Crippen LogP contribution < -0.4 is 4.90 Å². The molecular formula is C21H17N3O. The van der Waals surface area contributed by atoms with Gasteiger partial charge in [-0.25, -0.2) is 0 Å². The minimum absolute atomic E-state index is 0.0512. The van der Waals surface area contributed by atoms with Crippen LogP contribution in [0.25, 0.3) is 11.1 Å². The molecule has 25 heavy (non-hydrogen) atoms. The van der Waals surface area contributed by atoms with Crippen LogP contribution in [0, 0.1) is 0 Å². The average molecular weight is 327 g/mol. The van der Waals surface area contributed by atoms with Crippen molar-refractivity contribution in [2.24, 2.45) is 4.99 Å². The van der Waals surface area contributed by atoms with E-state index < -0.39 is 0 Å². The van der Waals surface area contributed by atoms with Crippen molar-refractivity contribution in [1.82, 2.24) is 4.98 Å². The third-order valence-electron chi connectivity index (χ3n) is 4.39. The largest absolute Gasteiger partial charge is 0.302 e. The summed E-state index contributed by atoms with van der Waals surface area (Å²) in [6.45, 7) is 0.540. The molecule has 0 bridgehead atoms. The predicted octanol–water partition coefficient (Wildman–Crippen LogP) is 3.71. The zero-order valence-corrected chi connectivity index (χ0v) is 13.9. The van der Waals surface area contributed by atoms with Gasteiger partial charge in [-0.1, -0.05) is 42.5 Å². The van der Waals surface area contributed by atoms with Crippen molar-refractivity contribution in [3.8, 4) is 11.1 Å². The highest BCUT2D eigenvalue weighted by molar-refractivity contribution is 6.54. The fraction of sp³-hybridized carbons (Fsp3) is 0.0952. The number of aliphatic imine (C=N–C) groups is 1. The lowest BCUT2D eigenvalue weighted by Crippen LogP contribution is -2.29. The Morgan fingerprint density at radius 3 is 2.56 bits per heavy atom. The number of aromatic nitrogens is 1. The summed E-state index contributed by atoms with van der Waals surface area (Å²) in [5.74, 6) is -0.0512. The van der Waals surface area contributed by atoms with E-state index in [0.29, 0.717) is 12.3 Å². The SMILES string of the molecule is C/N=C1/C(=O)N(Cc2ccccc2)c2ccc(-c3cccnc3)cc21. The Labute approximate surface area is 146 Å². The molecule has 2 heterocycles. The van der Waals surface area contributed by atoms with E-state index in [2.05, 4.69) is 9.98 Å². The van der Waals surface area contributed by atoms with Crippen LogP contribution in [0.1, 0.15) is 11.1 Å². The topological polar surface area (TPSA) is 45.6 Å². The van der Waals surface area contributed by atoms with Crippen molar-refractivity contribution in [3.63, 3.8) is 0 Å². The molecule has 3 aromatic rings. The number of hydrogen-bond acceptors (Lipinski definition) is 3. The molecule has 0 spiro atoms. The summed E-state index contributed by atoms with van der Waals surface area (Å²) < 4.78 is 0. The first-order chi connectivity index (χ1) is 12.3. The molecule has 4 nitrogen and oxygen atoms in total. The van der Waals surface area contributed by atoms with E-state index in [0.717, 1.165) is 27.9 Å². The number of nitrogens with zero attached hydrogens (tertiary/aromatic N) is 3. The number of amides is 1. The second-order valence-electron chi connectivity index (χ2n) is 5.92. The van der Waals surface area contributed by atoms with Gasteiger partial charge in [0.15, 0.2) is 0 Å². The molecule has 0 N–H and O–H groups in total. The fourth-order valence-corrected chi connectivity index (χ4v) is 3.17. The standard InChI is InChI=1S/C21H17N3O/c1-22-20-18-12-16(17-8-5-11-23-13-17)9-10-19(18)24(21(20)25)14-15-6-3-2-4-7-15/h2-13H,14H2,1H3/b22-20+. The zero-order valence-electron chi connectivity index (χ0n) is 13.9. The van der Waals surface area contributed by atoms with Gasteiger partial charge in [-0.05, 0) is 29.3 Å². The molecule has 2 aromatic carbocycles. The van der Waals surface area contributed by atoms with E-state index in [1.165, 1.54) is 0 Å². The predicted molar refractivity (Wildman–Crippen MR) is 99.8 cm³/mol. The number of anilines is 1. The van der Waals surface area contributed by atoms with Crippen LogP contribution in [-0.4, -0.2) is 23.7 Å². The summed E-state index contributed by atoms with van der Waals surface area (Å²) in [7, 11) is 1.67. The number of carbonyl (C=O) groups excluding carboxylic acids is 1. The molecule has 1 aliphatic heterocycles. The lowest BCUT2D eigenvalue weighted by Gasteiger charge is -2.17. The maximum Gasteiger partial charge on any atom is 0.277 e. The molecule has 0 atom stereocenters. The third kappa shape index (κ3) is 2.72. The molecule has 4 heteroatoms. The first-order valence-electron chi connectivity index (χ1n) is 8.15. The molecule has 1 aliphatic rings. The Morgan fingerprint density at radius 2 is 1.84 bits per heavy atom. The Bertz CT molecular complexity index is 949. The number of benzene rings is 2. The Kier molecular flexibility index (Phi) is 3.86. The highest BCUT2D eigenvalue weighted by Crippen LogP contribution is 2.34. The summed E-state index contributed by atoms with van der Waals surface area (Å²) >= 11 is 0. The summed E-state index contributed by atoms with van der Waals surface area (Å²) in [5, 5.41) is 0. The summed E-state index contributed by atoms with van der Waals surface area (Å²) in [6.07, 6.45) is 3.57. The minimum Gasteiger partial charge on any atom is -0.302 e. The van der Waals surface area contributed by atoms with Gasteiger partial charge in [-0.2, -0.15) is 0 Å². The van der Waals surface area contributed by atoms with Crippen LogP contribution in [0.4, 0.5) is 5.69 Å². The van der Waals surface area contributed by atoms with Gasteiger partial charge in [0, 0.05) is 30.6 Å². The highest BCUT2D eigenvalue weighted by Gasteiger charge is 2.33. The van der Waals surface area contributed by atoms with Crippen LogP contribution in [0.3, 0.4) is 0 Å². The lowest BCUT2D eigenvalue weighted by atomic mass is 10.0. The molecule has 0 fully saturated rings. The monoisotopic (exact) mass is 327 g/mol. The molecule has 0 radical (unpaired) electrons. The molecule has 0 saturated carbocycles. The van der Waals surface area contributed by atoms with Crippen molar-refractivity contribution in [2.75, 3.05) is 11.9 Å². The highest BCUT2D eigenvalue weighted by atomic mass is 16.2. The van der Waals surface area contributed by atoms with Gasteiger partial charge in [0.2, 0.25) is 0 Å². The zero-order chi connectivity index (χ0) is 17.2. The van der Waals surface area contributed by atoms with Gasteiger partial charge in [-0.15, -0.1) is 0 Å². The van der Waals surface area contributed by atoms with E-state index in [4.69, 9.17) is 0 Å². The molecule has 1 amide bonds. The second kappa shape index (κ2) is 6.32. The van der Waals surface area contributed by atoms with Gasteiger partial charge >= 0.3 is 0 Å². The van der Waals surface area contributed by atoms with Crippen molar-refractivity contribution < 1.29 is 4.79 Å². The average Bonchev–Trinajstić information content (AvgIpc) is 2.94. The van der Waals surface area contributed by atoms with Crippen LogP contribution in [0.2, 0.25) is 0 Å². The van der Waals surface area contributed by atoms with Crippen molar-refractivity contribution in [3.05, 3.63) is 84.2 Å². The van der Waals surface area contributed by atoms with E-state index in [9.17, 15) is 4.79 Å². The first kappa shape index (κ1) is 15.3. The van der Waals surface area contributed by atoms with Gasteiger partial charge in [0.25, 0.3) is 5.91 Å². The van der Waals surface area contributed by atoms with Gasteiger partial charge in [0.05, 0.1) is 12.2 Å². The number of fused-ring (bicyclic) bond motifs is 1. The summed E-state index contributed by atoms with van der Waals surface area (Å²) in [6, 6.07) is 20.0. The first-order valence-corrected chi connectivity index (χ1v) is 8.15. The number of pyridine rings is 1. The normalized spacial score (nSPS) is 14.8. The number of hydrogen-bond donors (Lipinski definition) is 0. The molecule has 0 unspecified atom stereocenters. The quantitative estimate of drug-likeness (QED) is 0.736. The lowest BCUT2D eigenvalue weighted by molar-refractivity contribution is -0.112. The van der Waals surface area contributed by atoms with Crippen molar-refractivity contribution in [1.29, 1.82) is 0 Å². The van der Waals surface area contributed by atoms with Crippen molar-refractivity contribution in [2.45, 2.75) is 6.54 Å². The molecule has 0 saturated heterocycles. The van der Waals surface area contributed by atoms with E-state index in [1.807, 2.05) is 66.9 Å². The molecule has 0 aliphatic carbocycles. The third-order valence-corrected chi connectivity index (χ3v) is 4.39. The van der Waals surface area contributed by atoms with Crippen LogP contribution in [-0.2, 0) is 11.3 Å². The van der Waals surface area contributed by atoms with Crippen LogP contribution in [0.5, 0.6) is 0 Å². The Hall–Kier alpha value is -3.27. The Balaban J connectivity index is 1.76. The van der Waals surface area contributed by atoms with Crippen LogP contribution >= 0.6 is 0 Å². The summed E-state index contributed by atoms with van der Waals surface area (Å²) in [5.41, 5.74) is 5.44. The molecule has 1 aromatic heterocycles. The molecule has 122 valence electrons. The maximum absolute atomic E-state index is 12.8. The van der Waals surface area contributed by atoms with Crippen molar-refractivity contribution >= 4 is 17.3 Å². The van der Waals surface area contributed by atoms with Gasteiger partial charge < -0.3 is 4.90 Å². The molecule has 4 rings (SSSR count). The second-order valence-corrected chi connectivity index (χ2v) is 5.92. The minimum atomic E-state index is -0.0512. The summed E-state index contributed by atoms with van der Waals surface area (Å²) in [4.78, 5) is 23.0. The smallest absolute Gasteiger partial charge is 0.277 e. The molecular weight excluding hydrogens is 310 g/mol. The number of rotatable bonds is 3. The van der Waals surface area contributed by atoms with Crippen LogP contribution in [0.15, 0.2) is 78.0 Å². The maximum atomic E-state index is 12.8. The number of carbonyl (C=O) groups is 1. The fourth-order valence-electron chi connectivity index (χ4n) is 3.17. The van der Waals surface area contributed by atoms with Gasteiger partial charge in [-0.3, -0.25) is 14.8 Å².